The summed E-state index contributed by atoms with van der Waals surface area (Å²) in [4.78, 5) is 0. The Hall–Kier alpha value is -3.62. The van der Waals surface area contributed by atoms with Gasteiger partial charge in [0.2, 0.25) is 13.6 Å². The topological polar surface area (TPSA) is 84.8 Å². The Balaban J connectivity index is 1.21. The van der Waals surface area contributed by atoms with Crippen molar-refractivity contribution < 1.29 is 38.3 Å². The van der Waals surface area contributed by atoms with Crippen LogP contribution >= 0.6 is 0 Å². The van der Waals surface area contributed by atoms with Gasteiger partial charge >= 0.3 is 0 Å². The number of rotatable bonds is 4. The van der Waals surface area contributed by atoms with E-state index in [1.54, 1.807) is 24.3 Å². The molecule has 3 aromatic carbocycles. The number of hydrogen-bond acceptors (Lipinski definition) is 8. The number of phenolic OH excluding ortho intramolecular Hbond substituents is 1. The quantitative estimate of drug-likeness (QED) is 0.597. The fraction of sp³-hybridized carbons (Fsp3) is 0.308. The zero-order valence-corrected chi connectivity index (χ0v) is 18.1. The zero-order chi connectivity index (χ0) is 22.6. The van der Waals surface area contributed by atoms with Crippen LogP contribution in [0.5, 0.6) is 40.2 Å². The van der Waals surface area contributed by atoms with Gasteiger partial charge in [-0.1, -0.05) is 18.2 Å². The molecule has 8 heteroatoms. The highest BCUT2D eigenvalue weighted by Gasteiger charge is 2.49. The van der Waals surface area contributed by atoms with Crippen molar-refractivity contribution >= 4 is 0 Å². The van der Waals surface area contributed by atoms with Crippen molar-refractivity contribution in [3.8, 4) is 40.2 Å². The molecular formula is C26H22O8. The van der Waals surface area contributed by atoms with Gasteiger partial charge in [-0.25, -0.2) is 0 Å². The Morgan fingerprint density at radius 3 is 2.18 bits per heavy atom. The molecule has 4 atom stereocenters. The summed E-state index contributed by atoms with van der Waals surface area (Å²) in [7, 11) is 0. The van der Waals surface area contributed by atoms with Gasteiger partial charge in [0.1, 0.15) is 5.75 Å². The normalized spacial score (nSPS) is 26.0. The zero-order valence-electron chi connectivity index (χ0n) is 18.1. The van der Waals surface area contributed by atoms with Crippen LogP contribution in [0.1, 0.15) is 23.3 Å². The van der Waals surface area contributed by atoms with Crippen molar-refractivity contribution in [3.63, 3.8) is 0 Å². The second-order valence-corrected chi connectivity index (χ2v) is 8.76. The first kappa shape index (κ1) is 19.8. The van der Waals surface area contributed by atoms with E-state index in [0.29, 0.717) is 36.2 Å². The summed E-state index contributed by atoms with van der Waals surface area (Å²) >= 11 is 0. The number of fused-ring (bicyclic) bond motifs is 3. The highest BCUT2D eigenvalue weighted by Crippen LogP contribution is 2.54. The number of ether oxygens (including phenoxy) is 7. The summed E-state index contributed by atoms with van der Waals surface area (Å²) in [6, 6.07) is 16.5. The fourth-order valence-electron chi connectivity index (χ4n) is 5.21. The first-order valence-corrected chi connectivity index (χ1v) is 11.3. The Morgan fingerprint density at radius 1 is 0.676 bits per heavy atom. The fourth-order valence-corrected chi connectivity index (χ4v) is 5.21. The molecule has 34 heavy (non-hydrogen) atoms. The first-order valence-electron chi connectivity index (χ1n) is 11.3. The lowest BCUT2D eigenvalue weighted by Crippen LogP contribution is -2.15. The molecule has 0 radical (unpaired) electrons. The molecule has 8 nitrogen and oxygen atoms in total. The van der Waals surface area contributed by atoms with E-state index in [1.165, 1.54) is 0 Å². The van der Waals surface area contributed by atoms with Gasteiger partial charge < -0.3 is 38.3 Å². The van der Waals surface area contributed by atoms with Crippen LogP contribution < -0.4 is 23.7 Å². The van der Waals surface area contributed by atoms with Gasteiger partial charge in [0.25, 0.3) is 0 Å². The van der Waals surface area contributed by atoms with E-state index in [-0.39, 0.29) is 43.4 Å². The maximum Gasteiger partial charge on any atom is 0.231 e. The monoisotopic (exact) mass is 462 g/mol. The van der Waals surface area contributed by atoms with Crippen LogP contribution in [0.15, 0.2) is 54.6 Å². The van der Waals surface area contributed by atoms with Crippen LogP contribution in [-0.4, -0.2) is 31.9 Å². The van der Waals surface area contributed by atoms with Crippen molar-refractivity contribution in [2.75, 3.05) is 26.8 Å². The van der Waals surface area contributed by atoms with Crippen LogP contribution in [0.25, 0.3) is 0 Å². The predicted molar refractivity (Wildman–Crippen MR) is 118 cm³/mol. The third-order valence-corrected chi connectivity index (χ3v) is 6.89. The minimum Gasteiger partial charge on any atom is -0.504 e. The minimum absolute atomic E-state index is 0.0587. The first-order chi connectivity index (χ1) is 16.7. The highest BCUT2D eigenvalue weighted by atomic mass is 16.7. The average molecular weight is 462 g/mol. The molecule has 0 spiro atoms. The minimum atomic E-state index is -0.251. The lowest BCUT2D eigenvalue weighted by molar-refractivity contribution is 0.0186. The molecule has 1 N–H and O–H groups in total. The van der Waals surface area contributed by atoms with Crippen LogP contribution in [0, 0.1) is 11.8 Å². The summed E-state index contributed by atoms with van der Waals surface area (Å²) in [6.07, 6.45) is -0.347. The maximum atomic E-state index is 10.2. The molecule has 174 valence electrons. The molecule has 4 aliphatic heterocycles. The van der Waals surface area contributed by atoms with Gasteiger partial charge in [-0.3, -0.25) is 0 Å². The number of benzene rings is 3. The Bertz CT molecular complexity index is 1260. The molecule has 2 saturated heterocycles. The molecule has 3 aromatic rings. The third kappa shape index (κ3) is 3.13. The second kappa shape index (κ2) is 7.72. The van der Waals surface area contributed by atoms with Crippen LogP contribution in [0.3, 0.4) is 0 Å². The van der Waals surface area contributed by atoms with Gasteiger partial charge in [0, 0.05) is 23.5 Å². The standard InChI is InChI=1S/C26H22O8/c27-18-3-1-2-4-19(18)34-21-9-24-23(32-13-33-24)8-15(21)26-17-11-28-25(16(17)10-29-26)14-5-6-20-22(7-14)31-12-30-20/h1-9,16-17,25-27H,10-13H2/t16-,17-,25-,26+/m0/s1. The van der Waals surface area contributed by atoms with Crippen molar-refractivity contribution in [3.05, 3.63) is 65.7 Å². The number of para-hydroxylation sites is 2. The van der Waals surface area contributed by atoms with Crippen molar-refractivity contribution in [2.24, 2.45) is 11.8 Å². The maximum absolute atomic E-state index is 10.2. The van der Waals surface area contributed by atoms with Gasteiger partial charge in [0.15, 0.2) is 34.5 Å². The molecule has 0 bridgehead atoms. The van der Waals surface area contributed by atoms with Gasteiger partial charge in [-0.05, 0) is 35.9 Å². The van der Waals surface area contributed by atoms with Gasteiger partial charge in [-0.2, -0.15) is 0 Å². The SMILES string of the molecule is Oc1ccccc1Oc1cc2c(cc1[C@H]1OC[C@H]3[C@@H]1CO[C@H]3c1ccc3c(c1)OCO3)OCO2. The molecule has 0 amide bonds. The smallest absolute Gasteiger partial charge is 0.231 e. The summed E-state index contributed by atoms with van der Waals surface area (Å²) in [6.45, 7) is 1.50. The lowest BCUT2D eigenvalue weighted by atomic mass is 9.84. The van der Waals surface area contributed by atoms with E-state index in [2.05, 4.69) is 0 Å². The molecule has 0 aliphatic carbocycles. The van der Waals surface area contributed by atoms with E-state index in [4.69, 9.17) is 33.2 Å². The van der Waals surface area contributed by atoms with E-state index in [9.17, 15) is 5.11 Å². The number of phenols is 1. The molecule has 0 unspecified atom stereocenters. The van der Waals surface area contributed by atoms with Crippen LogP contribution in [0.2, 0.25) is 0 Å². The lowest BCUT2D eigenvalue weighted by Gasteiger charge is -2.21. The van der Waals surface area contributed by atoms with E-state index >= 15 is 0 Å². The van der Waals surface area contributed by atoms with Crippen LogP contribution in [-0.2, 0) is 9.47 Å². The van der Waals surface area contributed by atoms with E-state index in [1.807, 2.05) is 30.3 Å². The van der Waals surface area contributed by atoms with Crippen LogP contribution in [0.4, 0.5) is 0 Å². The summed E-state index contributed by atoms with van der Waals surface area (Å²) in [5.41, 5.74) is 1.90. The Kier molecular flexibility index (Phi) is 4.50. The van der Waals surface area contributed by atoms with E-state index in [0.717, 1.165) is 22.6 Å². The Labute approximate surface area is 195 Å². The number of hydrogen-bond donors (Lipinski definition) is 1. The summed E-state index contributed by atoms with van der Waals surface area (Å²) in [5.74, 6) is 4.03. The Morgan fingerprint density at radius 2 is 1.35 bits per heavy atom. The highest BCUT2D eigenvalue weighted by molar-refractivity contribution is 5.55. The molecular weight excluding hydrogens is 440 g/mol. The summed E-state index contributed by atoms with van der Waals surface area (Å²) in [5, 5.41) is 10.2. The molecule has 2 fully saturated rings. The van der Waals surface area contributed by atoms with Crippen molar-refractivity contribution in [2.45, 2.75) is 12.2 Å². The molecule has 4 aliphatic rings. The summed E-state index contributed by atoms with van der Waals surface area (Å²) < 4.78 is 41.0. The molecule has 7 rings (SSSR count). The number of aromatic hydroxyl groups is 1. The average Bonchev–Trinajstić information content (AvgIpc) is 3.63. The molecule has 0 saturated carbocycles. The molecule has 0 aromatic heterocycles. The van der Waals surface area contributed by atoms with E-state index < -0.39 is 0 Å². The third-order valence-electron chi connectivity index (χ3n) is 6.89. The van der Waals surface area contributed by atoms with Gasteiger partial charge in [-0.15, -0.1) is 0 Å². The van der Waals surface area contributed by atoms with Gasteiger partial charge in [0.05, 0.1) is 25.4 Å². The largest absolute Gasteiger partial charge is 0.504 e. The molecule has 4 heterocycles. The second-order valence-electron chi connectivity index (χ2n) is 8.76. The van der Waals surface area contributed by atoms with Crippen molar-refractivity contribution in [1.29, 1.82) is 0 Å². The predicted octanol–water partition coefficient (Wildman–Crippen LogP) is 4.72. The van der Waals surface area contributed by atoms with Crippen molar-refractivity contribution in [1.82, 2.24) is 0 Å².